The number of hydrogen-bond donors (Lipinski definition) is 1. The summed E-state index contributed by atoms with van der Waals surface area (Å²) < 4.78 is 13.3. The Bertz CT molecular complexity index is 566. The topological polar surface area (TPSA) is 20.2 Å². The quantitative estimate of drug-likeness (QED) is 0.870. The van der Waals surface area contributed by atoms with Crippen molar-refractivity contribution in [3.05, 3.63) is 70.0 Å². The third kappa shape index (κ3) is 4.06. The van der Waals surface area contributed by atoms with E-state index in [4.69, 9.17) is 11.6 Å². The lowest BCUT2D eigenvalue weighted by Gasteiger charge is -2.12. The third-order valence-electron chi connectivity index (χ3n) is 3.37. The largest absolute Gasteiger partial charge is 0.393 e. The molecule has 0 amide bonds. The number of benzene rings is 2. The maximum atomic E-state index is 13.3. The summed E-state index contributed by atoms with van der Waals surface area (Å²) in [6.07, 6.45) is 1.29. The van der Waals surface area contributed by atoms with Gasteiger partial charge in [-0.15, -0.1) is 0 Å². The molecule has 2 aromatic rings. The first kappa shape index (κ1) is 15.0. The fraction of sp³-hybridized carbons (Fsp3) is 0.294. The lowest BCUT2D eigenvalue weighted by molar-refractivity contribution is 0.165. The smallest absolute Gasteiger partial charge is 0.142 e. The monoisotopic (exact) mass is 292 g/mol. The van der Waals surface area contributed by atoms with Crippen molar-refractivity contribution in [3.63, 3.8) is 0 Å². The van der Waals surface area contributed by atoms with Crippen LogP contribution in [-0.4, -0.2) is 11.2 Å². The van der Waals surface area contributed by atoms with Crippen molar-refractivity contribution >= 4 is 11.6 Å². The molecule has 0 saturated carbocycles. The fourth-order valence-electron chi connectivity index (χ4n) is 2.15. The van der Waals surface area contributed by atoms with Crippen molar-refractivity contribution in [1.29, 1.82) is 0 Å². The molecule has 2 aromatic carbocycles. The van der Waals surface area contributed by atoms with Crippen molar-refractivity contribution < 1.29 is 9.50 Å². The van der Waals surface area contributed by atoms with Gasteiger partial charge in [-0.1, -0.05) is 53.6 Å². The van der Waals surface area contributed by atoms with Crippen molar-refractivity contribution in [2.45, 2.75) is 32.3 Å². The minimum atomic E-state index is -0.518. The third-order valence-corrected chi connectivity index (χ3v) is 3.80. The Balaban J connectivity index is 1.91. The predicted octanol–water partition coefficient (Wildman–Crippen LogP) is 4.32. The van der Waals surface area contributed by atoms with Gasteiger partial charge in [-0.05, 0) is 43.4 Å². The average molecular weight is 293 g/mol. The zero-order valence-electron chi connectivity index (χ0n) is 11.4. The van der Waals surface area contributed by atoms with E-state index in [0.29, 0.717) is 18.4 Å². The second-order valence-electron chi connectivity index (χ2n) is 5.10. The second-order valence-corrected chi connectivity index (χ2v) is 5.47. The first-order valence-electron chi connectivity index (χ1n) is 6.73. The summed E-state index contributed by atoms with van der Waals surface area (Å²) in [6, 6.07) is 12.9. The Hall–Kier alpha value is -1.38. The summed E-state index contributed by atoms with van der Waals surface area (Å²) >= 11 is 5.89. The van der Waals surface area contributed by atoms with Crippen molar-refractivity contribution in [3.8, 4) is 0 Å². The number of rotatable bonds is 5. The van der Waals surface area contributed by atoms with Crippen LogP contribution in [0.4, 0.5) is 4.39 Å². The molecule has 0 aliphatic carbocycles. The van der Waals surface area contributed by atoms with Gasteiger partial charge in [-0.25, -0.2) is 4.39 Å². The highest BCUT2D eigenvalue weighted by molar-refractivity contribution is 6.31. The van der Waals surface area contributed by atoms with Gasteiger partial charge in [0, 0.05) is 0 Å². The second kappa shape index (κ2) is 6.87. The minimum absolute atomic E-state index is 0.113. The maximum Gasteiger partial charge on any atom is 0.142 e. The summed E-state index contributed by atoms with van der Waals surface area (Å²) in [5.74, 6) is -0.435. The molecule has 0 aliphatic rings. The van der Waals surface area contributed by atoms with E-state index in [1.165, 1.54) is 17.2 Å². The molecule has 0 radical (unpaired) electrons. The molecule has 0 aliphatic heterocycles. The minimum Gasteiger partial charge on any atom is -0.393 e. The summed E-state index contributed by atoms with van der Waals surface area (Å²) in [5.41, 5.74) is 3.07. The van der Waals surface area contributed by atoms with E-state index < -0.39 is 11.9 Å². The number of halogens is 2. The Morgan fingerprint density at radius 1 is 1.15 bits per heavy atom. The number of hydrogen-bond acceptors (Lipinski definition) is 1. The van der Waals surface area contributed by atoms with Gasteiger partial charge in [-0.2, -0.15) is 0 Å². The van der Waals surface area contributed by atoms with E-state index >= 15 is 0 Å². The molecule has 20 heavy (non-hydrogen) atoms. The maximum absolute atomic E-state index is 13.3. The zero-order valence-corrected chi connectivity index (χ0v) is 12.2. The van der Waals surface area contributed by atoms with E-state index in [0.717, 1.165) is 6.42 Å². The molecule has 1 atom stereocenters. The average Bonchev–Trinajstić information content (AvgIpc) is 2.43. The zero-order chi connectivity index (χ0) is 14.5. The van der Waals surface area contributed by atoms with Gasteiger partial charge < -0.3 is 5.11 Å². The number of aryl methyl sites for hydroxylation is 2. The van der Waals surface area contributed by atoms with Crippen LogP contribution in [-0.2, 0) is 12.8 Å². The molecule has 0 fully saturated rings. The molecule has 0 bridgehead atoms. The highest BCUT2D eigenvalue weighted by atomic mass is 35.5. The molecule has 3 heteroatoms. The van der Waals surface area contributed by atoms with Crippen LogP contribution < -0.4 is 0 Å². The molecule has 0 spiro atoms. The lowest BCUT2D eigenvalue weighted by Crippen LogP contribution is -2.12. The highest BCUT2D eigenvalue weighted by Gasteiger charge is 2.11. The van der Waals surface area contributed by atoms with Crippen LogP contribution in [0.5, 0.6) is 0 Å². The highest BCUT2D eigenvalue weighted by Crippen LogP contribution is 2.22. The molecule has 0 aromatic heterocycles. The van der Waals surface area contributed by atoms with Crippen LogP contribution in [0.2, 0.25) is 5.02 Å². The Morgan fingerprint density at radius 2 is 1.85 bits per heavy atom. The predicted molar refractivity (Wildman–Crippen MR) is 80.6 cm³/mol. The van der Waals surface area contributed by atoms with Gasteiger partial charge in [0.15, 0.2) is 0 Å². The lowest BCUT2D eigenvalue weighted by atomic mass is 10.0. The van der Waals surface area contributed by atoms with Gasteiger partial charge in [0.05, 0.1) is 11.1 Å². The van der Waals surface area contributed by atoms with Crippen LogP contribution in [0.15, 0.2) is 42.5 Å². The van der Waals surface area contributed by atoms with Crippen LogP contribution in [0.1, 0.15) is 23.1 Å². The van der Waals surface area contributed by atoms with Crippen LogP contribution in [0.3, 0.4) is 0 Å². The molecular weight excluding hydrogens is 275 g/mol. The molecule has 106 valence electrons. The van der Waals surface area contributed by atoms with Gasteiger partial charge in [0.25, 0.3) is 0 Å². The molecule has 1 nitrogen and oxygen atoms in total. The van der Waals surface area contributed by atoms with Gasteiger partial charge in [0.2, 0.25) is 0 Å². The molecular formula is C17H18ClFO. The van der Waals surface area contributed by atoms with Crippen molar-refractivity contribution in [1.82, 2.24) is 0 Å². The molecule has 0 heterocycles. The van der Waals surface area contributed by atoms with Crippen LogP contribution >= 0.6 is 11.6 Å². The fourth-order valence-corrected chi connectivity index (χ4v) is 2.35. The van der Waals surface area contributed by atoms with E-state index in [9.17, 15) is 9.50 Å². The Morgan fingerprint density at radius 3 is 2.55 bits per heavy atom. The van der Waals surface area contributed by atoms with Crippen LogP contribution in [0, 0.1) is 12.7 Å². The first-order valence-corrected chi connectivity index (χ1v) is 7.10. The van der Waals surface area contributed by atoms with E-state index in [2.05, 4.69) is 24.3 Å². The molecule has 1 N–H and O–H groups in total. The summed E-state index contributed by atoms with van der Waals surface area (Å²) in [6.45, 7) is 2.05. The summed E-state index contributed by atoms with van der Waals surface area (Å²) in [5, 5.41) is 10.2. The standard InChI is InChI=1S/C17H18ClFO/c1-12-5-7-13(8-6-12)9-10-15(20)11-14-3-2-4-16(19)17(14)18/h2-8,15,20H,9-11H2,1H3. The van der Waals surface area contributed by atoms with E-state index in [-0.39, 0.29) is 5.02 Å². The number of aliphatic hydroxyl groups excluding tert-OH is 1. The van der Waals surface area contributed by atoms with E-state index in [1.54, 1.807) is 12.1 Å². The van der Waals surface area contributed by atoms with Crippen molar-refractivity contribution in [2.24, 2.45) is 0 Å². The Labute approximate surface area is 124 Å². The summed E-state index contributed by atoms with van der Waals surface area (Å²) in [4.78, 5) is 0. The van der Waals surface area contributed by atoms with E-state index in [1.807, 2.05) is 6.92 Å². The first-order chi connectivity index (χ1) is 9.56. The summed E-state index contributed by atoms with van der Waals surface area (Å²) in [7, 11) is 0. The molecule has 1 unspecified atom stereocenters. The van der Waals surface area contributed by atoms with Crippen LogP contribution in [0.25, 0.3) is 0 Å². The van der Waals surface area contributed by atoms with Gasteiger partial charge >= 0.3 is 0 Å². The Kier molecular flexibility index (Phi) is 5.16. The molecule has 0 saturated heterocycles. The van der Waals surface area contributed by atoms with Gasteiger partial charge in [0.1, 0.15) is 5.82 Å². The SMILES string of the molecule is Cc1ccc(CCC(O)Cc2cccc(F)c2Cl)cc1. The molecule has 2 rings (SSSR count). The van der Waals surface area contributed by atoms with Crippen molar-refractivity contribution in [2.75, 3.05) is 0 Å². The number of aliphatic hydroxyl groups is 1. The normalized spacial score (nSPS) is 12.4. The van der Waals surface area contributed by atoms with Gasteiger partial charge in [-0.3, -0.25) is 0 Å².